The molecule has 0 aliphatic carbocycles. The van der Waals surface area contributed by atoms with Gasteiger partial charge in [-0.1, -0.05) is 0 Å². The van der Waals surface area contributed by atoms with E-state index < -0.39 is 12.4 Å². The summed E-state index contributed by atoms with van der Waals surface area (Å²) in [6.45, 7) is 1.02. The van der Waals surface area contributed by atoms with Crippen LogP contribution < -0.4 is 15.4 Å². The molecule has 29 heavy (non-hydrogen) atoms. The first-order valence-electron chi connectivity index (χ1n) is 8.93. The first-order chi connectivity index (χ1) is 13.8. The van der Waals surface area contributed by atoms with Crippen LogP contribution in [0, 0.1) is 0 Å². The monoisotopic (exact) mass is 408 g/mol. The zero-order valence-corrected chi connectivity index (χ0v) is 15.3. The van der Waals surface area contributed by atoms with Crippen molar-refractivity contribution in [3.05, 3.63) is 54.4 Å². The number of hydrogen-bond acceptors (Lipinski definition) is 4. The van der Waals surface area contributed by atoms with E-state index >= 15 is 0 Å². The second-order valence-corrected chi connectivity index (χ2v) is 6.47. The number of piperidine rings is 1. The van der Waals surface area contributed by atoms with E-state index in [1.165, 1.54) is 12.1 Å². The van der Waals surface area contributed by atoms with Gasteiger partial charge in [-0.3, -0.25) is 9.78 Å². The van der Waals surface area contributed by atoms with Gasteiger partial charge >= 0.3 is 12.4 Å². The van der Waals surface area contributed by atoms with Gasteiger partial charge in [0.15, 0.2) is 0 Å². The predicted molar refractivity (Wildman–Crippen MR) is 98.4 cm³/mol. The molecule has 1 aromatic carbocycles. The lowest BCUT2D eigenvalue weighted by Gasteiger charge is -2.32. The van der Waals surface area contributed by atoms with Gasteiger partial charge in [0.1, 0.15) is 5.75 Å². The lowest BCUT2D eigenvalue weighted by molar-refractivity contribution is -0.274. The number of rotatable bonds is 4. The van der Waals surface area contributed by atoms with Crippen LogP contribution in [0.5, 0.6) is 5.75 Å². The Morgan fingerprint density at radius 1 is 1.03 bits per heavy atom. The van der Waals surface area contributed by atoms with Gasteiger partial charge in [0.2, 0.25) is 0 Å². The third kappa shape index (κ3) is 6.09. The summed E-state index contributed by atoms with van der Waals surface area (Å²) >= 11 is 0. The van der Waals surface area contributed by atoms with E-state index in [2.05, 4.69) is 20.4 Å². The Labute approximate surface area is 164 Å². The van der Waals surface area contributed by atoms with Crippen LogP contribution in [0.2, 0.25) is 0 Å². The summed E-state index contributed by atoms with van der Waals surface area (Å²) in [6.07, 6.45) is -0.438. The number of pyridine rings is 1. The minimum atomic E-state index is -4.76. The summed E-state index contributed by atoms with van der Waals surface area (Å²) in [6, 6.07) is 7.61. The molecule has 1 saturated heterocycles. The fraction of sp³-hybridized carbons (Fsp3) is 0.316. The van der Waals surface area contributed by atoms with Crippen molar-refractivity contribution >= 4 is 17.6 Å². The third-order valence-corrected chi connectivity index (χ3v) is 4.39. The van der Waals surface area contributed by atoms with Crippen LogP contribution in [0.25, 0.3) is 0 Å². The molecular formula is C19H19F3N4O3. The number of carbonyl (C=O) groups is 2. The number of carbonyl (C=O) groups excluding carboxylic acids is 2. The highest BCUT2D eigenvalue weighted by atomic mass is 19.4. The molecule has 10 heteroatoms. The molecule has 2 heterocycles. The maximum absolute atomic E-state index is 12.4. The van der Waals surface area contributed by atoms with Crippen LogP contribution in [0.1, 0.15) is 23.2 Å². The standard InChI is InChI=1S/C19H19F3N4O3/c20-19(21,22)29-16-3-1-14(2-4-16)24-18(28)25-15-7-11-26(12-8-15)17(27)13-5-9-23-10-6-13/h1-6,9-10,15H,7-8,11-12H2,(H2,24,25,28). The molecule has 1 fully saturated rings. The normalized spacial score (nSPS) is 14.9. The van der Waals surface area contributed by atoms with Crippen molar-refractivity contribution < 1.29 is 27.5 Å². The third-order valence-electron chi connectivity index (χ3n) is 4.39. The van der Waals surface area contributed by atoms with Gasteiger partial charge in [-0.05, 0) is 49.2 Å². The van der Waals surface area contributed by atoms with Crippen LogP contribution in [0.3, 0.4) is 0 Å². The lowest BCUT2D eigenvalue weighted by atomic mass is 10.0. The molecule has 1 aliphatic heterocycles. The molecule has 3 rings (SSSR count). The Morgan fingerprint density at radius 3 is 2.24 bits per heavy atom. The topological polar surface area (TPSA) is 83.6 Å². The zero-order valence-electron chi connectivity index (χ0n) is 15.3. The zero-order chi connectivity index (χ0) is 20.9. The first-order valence-corrected chi connectivity index (χ1v) is 8.93. The lowest BCUT2D eigenvalue weighted by Crippen LogP contribution is -2.47. The van der Waals surface area contributed by atoms with Crippen LogP contribution in [0.4, 0.5) is 23.7 Å². The van der Waals surface area contributed by atoms with E-state index in [9.17, 15) is 22.8 Å². The highest BCUT2D eigenvalue weighted by molar-refractivity contribution is 5.94. The van der Waals surface area contributed by atoms with Crippen molar-refractivity contribution in [2.24, 2.45) is 0 Å². The van der Waals surface area contributed by atoms with Crippen molar-refractivity contribution in [2.45, 2.75) is 25.2 Å². The number of alkyl halides is 3. The van der Waals surface area contributed by atoms with E-state index in [1.807, 2.05) is 0 Å². The van der Waals surface area contributed by atoms with Crippen LogP contribution in [0.15, 0.2) is 48.8 Å². The molecule has 0 saturated carbocycles. The Balaban J connectivity index is 1.44. The highest BCUT2D eigenvalue weighted by Crippen LogP contribution is 2.24. The number of likely N-dealkylation sites (tertiary alicyclic amines) is 1. The van der Waals surface area contributed by atoms with Gasteiger partial charge in [0, 0.05) is 42.8 Å². The molecule has 0 unspecified atom stereocenters. The molecular weight excluding hydrogens is 389 g/mol. The number of nitrogens with zero attached hydrogens (tertiary/aromatic N) is 2. The number of hydrogen-bond donors (Lipinski definition) is 2. The number of aromatic nitrogens is 1. The SMILES string of the molecule is O=C(Nc1ccc(OC(F)(F)F)cc1)NC1CCN(C(=O)c2ccncc2)CC1. The van der Waals surface area contributed by atoms with Crippen molar-refractivity contribution in [1.82, 2.24) is 15.2 Å². The van der Waals surface area contributed by atoms with Crippen molar-refractivity contribution in [3.8, 4) is 5.75 Å². The second kappa shape index (κ2) is 8.80. The summed E-state index contributed by atoms with van der Waals surface area (Å²) in [5.74, 6) is -0.439. The molecule has 0 radical (unpaired) electrons. The van der Waals surface area contributed by atoms with Gasteiger partial charge in [0.25, 0.3) is 5.91 Å². The first kappa shape index (κ1) is 20.4. The van der Waals surface area contributed by atoms with Gasteiger partial charge in [-0.15, -0.1) is 13.2 Å². The molecule has 1 aliphatic rings. The number of nitrogens with one attached hydrogen (secondary N) is 2. The Morgan fingerprint density at radius 2 is 1.66 bits per heavy atom. The minimum absolute atomic E-state index is 0.0727. The quantitative estimate of drug-likeness (QED) is 0.812. The fourth-order valence-electron chi connectivity index (χ4n) is 3.00. The minimum Gasteiger partial charge on any atom is -0.406 e. The fourth-order valence-corrected chi connectivity index (χ4v) is 3.00. The molecule has 0 spiro atoms. The maximum Gasteiger partial charge on any atom is 0.573 e. The number of halogens is 3. The maximum atomic E-state index is 12.4. The molecule has 0 atom stereocenters. The summed E-state index contributed by atoms with van der Waals surface area (Å²) in [5.41, 5.74) is 0.907. The predicted octanol–water partition coefficient (Wildman–Crippen LogP) is 3.41. The van der Waals surface area contributed by atoms with Gasteiger partial charge in [0.05, 0.1) is 0 Å². The van der Waals surface area contributed by atoms with Crippen LogP contribution in [-0.4, -0.2) is 47.3 Å². The molecule has 2 aromatic rings. The largest absolute Gasteiger partial charge is 0.573 e. The second-order valence-electron chi connectivity index (χ2n) is 6.47. The molecule has 2 N–H and O–H groups in total. The molecule has 1 aromatic heterocycles. The average Bonchev–Trinajstić information content (AvgIpc) is 2.69. The van der Waals surface area contributed by atoms with E-state index in [0.29, 0.717) is 37.2 Å². The Hall–Kier alpha value is -3.30. The highest BCUT2D eigenvalue weighted by Gasteiger charge is 2.31. The molecule has 154 valence electrons. The number of anilines is 1. The number of ether oxygens (including phenoxy) is 1. The van der Waals surface area contributed by atoms with Crippen molar-refractivity contribution in [3.63, 3.8) is 0 Å². The average molecular weight is 408 g/mol. The van der Waals surface area contributed by atoms with Crippen LogP contribution in [-0.2, 0) is 0 Å². The molecule has 0 bridgehead atoms. The Bertz CT molecular complexity index is 836. The van der Waals surface area contributed by atoms with Crippen molar-refractivity contribution in [2.75, 3.05) is 18.4 Å². The number of urea groups is 1. The Kier molecular flexibility index (Phi) is 6.20. The smallest absolute Gasteiger partial charge is 0.406 e. The number of amides is 3. The van der Waals surface area contributed by atoms with Gasteiger partial charge < -0.3 is 20.3 Å². The summed E-state index contributed by atoms with van der Waals surface area (Å²) in [4.78, 5) is 30.1. The van der Waals surface area contributed by atoms with E-state index in [-0.39, 0.29) is 17.7 Å². The summed E-state index contributed by atoms with van der Waals surface area (Å²) in [5, 5.41) is 5.37. The van der Waals surface area contributed by atoms with Gasteiger partial charge in [-0.2, -0.15) is 0 Å². The van der Waals surface area contributed by atoms with E-state index in [1.54, 1.807) is 29.4 Å². The number of benzene rings is 1. The van der Waals surface area contributed by atoms with Gasteiger partial charge in [-0.25, -0.2) is 4.79 Å². The van der Waals surface area contributed by atoms with Crippen LogP contribution >= 0.6 is 0 Å². The summed E-state index contributed by atoms with van der Waals surface area (Å²) in [7, 11) is 0. The van der Waals surface area contributed by atoms with E-state index in [0.717, 1.165) is 12.1 Å². The van der Waals surface area contributed by atoms with Crippen molar-refractivity contribution in [1.29, 1.82) is 0 Å². The summed E-state index contributed by atoms with van der Waals surface area (Å²) < 4.78 is 40.3. The van der Waals surface area contributed by atoms with E-state index in [4.69, 9.17) is 0 Å². The molecule has 3 amide bonds. The molecule has 7 nitrogen and oxygen atoms in total.